The van der Waals surface area contributed by atoms with E-state index in [1.54, 1.807) is 12.1 Å². The molecule has 1 heterocycles. The molecule has 3 rings (SSSR count). The van der Waals surface area contributed by atoms with E-state index in [4.69, 9.17) is 16.3 Å². The van der Waals surface area contributed by atoms with Crippen LogP contribution in [0.1, 0.15) is 58.9 Å². The smallest absolute Gasteiger partial charge is 0.337 e. The van der Waals surface area contributed by atoms with Crippen molar-refractivity contribution >= 4 is 23.4 Å². The molecule has 0 saturated heterocycles. The van der Waals surface area contributed by atoms with E-state index in [-0.39, 0.29) is 23.3 Å². The lowest BCUT2D eigenvalue weighted by molar-refractivity contribution is -0.143. The largest absolute Gasteiger partial charge is 0.460 e. The van der Waals surface area contributed by atoms with E-state index in [1.807, 2.05) is 32.9 Å². The van der Waals surface area contributed by atoms with Crippen LogP contribution in [0.15, 0.2) is 46.8 Å². The highest BCUT2D eigenvalue weighted by molar-refractivity contribution is 6.30. The molecule has 5 heteroatoms. The van der Waals surface area contributed by atoms with Crippen molar-refractivity contribution in [2.24, 2.45) is 5.41 Å². The van der Waals surface area contributed by atoms with Gasteiger partial charge in [-0.2, -0.15) is 0 Å². The van der Waals surface area contributed by atoms with Crippen molar-refractivity contribution < 1.29 is 14.3 Å². The van der Waals surface area contributed by atoms with Gasteiger partial charge in [0.1, 0.15) is 0 Å². The summed E-state index contributed by atoms with van der Waals surface area (Å²) in [5, 5.41) is 3.95. The number of esters is 1. The van der Waals surface area contributed by atoms with Gasteiger partial charge >= 0.3 is 5.97 Å². The number of Topliss-reactive ketones (excluding diaryl/α,β-unsaturated/α-hetero) is 1. The molecule has 1 N–H and O–H groups in total. The molecule has 1 aromatic carbocycles. The summed E-state index contributed by atoms with van der Waals surface area (Å²) in [6, 6.07) is 7.34. The molecule has 0 aromatic heterocycles. The molecular formula is C22H26ClNO3. The van der Waals surface area contributed by atoms with Crippen molar-refractivity contribution in [2.45, 2.75) is 59.5 Å². The zero-order valence-electron chi connectivity index (χ0n) is 16.5. The summed E-state index contributed by atoms with van der Waals surface area (Å²) in [6.07, 6.45) is 0.991. The van der Waals surface area contributed by atoms with E-state index in [1.165, 1.54) is 0 Å². The Balaban J connectivity index is 2.15. The maximum absolute atomic E-state index is 13.1. The molecule has 4 nitrogen and oxygen atoms in total. The molecule has 1 aromatic rings. The lowest BCUT2D eigenvalue weighted by atomic mass is 9.68. The van der Waals surface area contributed by atoms with Gasteiger partial charge < -0.3 is 10.1 Å². The molecule has 0 saturated carbocycles. The number of ether oxygens (including phenoxy) is 1. The van der Waals surface area contributed by atoms with Crippen LogP contribution in [0.2, 0.25) is 5.02 Å². The van der Waals surface area contributed by atoms with Crippen molar-refractivity contribution in [3.8, 4) is 0 Å². The molecule has 27 heavy (non-hydrogen) atoms. The third-order valence-electron chi connectivity index (χ3n) is 5.01. The standard InChI is InChI=1S/C22H26ClNO3/c1-12(2)27-21(26)18-13(3)24-16-10-22(4,5)11-17(25)20(16)19(18)14-6-8-15(23)9-7-14/h6-9,12,19,24H,10-11H2,1-5H3. The highest BCUT2D eigenvalue weighted by Crippen LogP contribution is 2.46. The number of benzene rings is 1. The first-order valence-electron chi connectivity index (χ1n) is 9.29. The minimum atomic E-state index is -0.437. The zero-order chi connectivity index (χ0) is 19.9. The molecule has 0 radical (unpaired) electrons. The van der Waals surface area contributed by atoms with E-state index in [0.717, 1.165) is 23.4 Å². The number of dihydropyridines is 1. The molecule has 144 valence electrons. The first kappa shape index (κ1) is 19.7. The van der Waals surface area contributed by atoms with Crippen LogP contribution >= 0.6 is 11.6 Å². The monoisotopic (exact) mass is 387 g/mol. The van der Waals surface area contributed by atoms with Crippen molar-refractivity contribution in [1.82, 2.24) is 5.32 Å². The second-order valence-corrected chi connectivity index (χ2v) is 8.87. The number of allylic oxidation sites excluding steroid dienone is 3. The lowest BCUT2D eigenvalue weighted by Crippen LogP contribution is -2.39. The van der Waals surface area contributed by atoms with Crippen LogP contribution in [0, 0.1) is 5.41 Å². The summed E-state index contributed by atoms with van der Waals surface area (Å²) >= 11 is 6.06. The van der Waals surface area contributed by atoms with Gasteiger partial charge in [0.25, 0.3) is 0 Å². The third-order valence-corrected chi connectivity index (χ3v) is 5.26. The van der Waals surface area contributed by atoms with E-state index in [2.05, 4.69) is 19.2 Å². The molecule has 1 aliphatic carbocycles. The van der Waals surface area contributed by atoms with Crippen molar-refractivity contribution in [3.05, 3.63) is 57.4 Å². The molecule has 0 fully saturated rings. The fourth-order valence-electron chi connectivity index (χ4n) is 3.97. The Morgan fingerprint density at radius 2 is 1.85 bits per heavy atom. The summed E-state index contributed by atoms with van der Waals surface area (Å²) in [6.45, 7) is 9.70. The topological polar surface area (TPSA) is 55.4 Å². The SMILES string of the molecule is CC1=C(C(=O)OC(C)C)C(c2ccc(Cl)cc2)C2=C(CC(C)(C)CC2=O)N1. The van der Waals surface area contributed by atoms with Gasteiger partial charge in [-0.25, -0.2) is 4.79 Å². The quantitative estimate of drug-likeness (QED) is 0.750. The van der Waals surface area contributed by atoms with E-state index >= 15 is 0 Å². The van der Waals surface area contributed by atoms with Gasteiger partial charge in [-0.1, -0.05) is 37.6 Å². The van der Waals surface area contributed by atoms with Gasteiger partial charge in [-0.15, -0.1) is 0 Å². The Hall–Kier alpha value is -2.07. The number of halogens is 1. The maximum atomic E-state index is 13.1. The normalized spacial score (nSPS) is 21.9. The number of nitrogens with one attached hydrogen (secondary N) is 1. The summed E-state index contributed by atoms with van der Waals surface area (Å²) in [7, 11) is 0. The number of ketones is 1. The third kappa shape index (κ3) is 3.96. The molecule has 1 unspecified atom stereocenters. The van der Waals surface area contributed by atoms with Crippen molar-refractivity contribution in [1.29, 1.82) is 0 Å². The Labute approximate surface area is 165 Å². The maximum Gasteiger partial charge on any atom is 0.337 e. The van der Waals surface area contributed by atoms with E-state index in [0.29, 0.717) is 22.6 Å². The minimum absolute atomic E-state index is 0.0797. The summed E-state index contributed by atoms with van der Waals surface area (Å²) in [5.74, 6) is -0.747. The first-order valence-corrected chi connectivity index (χ1v) is 9.67. The minimum Gasteiger partial charge on any atom is -0.460 e. The number of hydrogen-bond acceptors (Lipinski definition) is 4. The zero-order valence-corrected chi connectivity index (χ0v) is 17.2. The van der Waals surface area contributed by atoms with Crippen molar-refractivity contribution in [3.63, 3.8) is 0 Å². The summed E-state index contributed by atoms with van der Waals surface area (Å²) < 4.78 is 5.49. The van der Waals surface area contributed by atoms with Gasteiger partial charge in [-0.3, -0.25) is 4.79 Å². The highest BCUT2D eigenvalue weighted by atomic mass is 35.5. The van der Waals surface area contributed by atoms with Crippen LogP contribution in [0.25, 0.3) is 0 Å². The first-order chi connectivity index (χ1) is 12.6. The predicted molar refractivity (Wildman–Crippen MR) is 106 cm³/mol. The summed E-state index contributed by atoms with van der Waals surface area (Å²) in [4.78, 5) is 26.0. The van der Waals surface area contributed by atoms with Crippen LogP contribution in [-0.2, 0) is 14.3 Å². The Morgan fingerprint density at radius 1 is 1.22 bits per heavy atom. The lowest BCUT2D eigenvalue weighted by Gasteiger charge is -2.39. The number of carbonyl (C=O) groups is 2. The van der Waals surface area contributed by atoms with Crippen LogP contribution in [0.3, 0.4) is 0 Å². The fraction of sp³-hybridized carbons (Fsp3) is 0.455. The molecule has 1 aliphatic heterocycles. The van der Waals surface area contributed by atoms with Crippen LogP contribution in [0.4, 0.5) is 0 Å². The fourth-order valence-corrected chi connectivity index (χ4v) is 4.10. The molecule has 1 atom stereocenters. The highest BCUT2D eigenvalue weighted by Gasteiger charge is 2.43. The second-order valence-electron chi connectivity index (χ2n) is 8.44. The van der Waals surface area contributed by atoms with E-state index in [9.17, 15) is 9.59 Å². The number of hydrogen-bond donors (Lipinski definition) is 1. The van der Waals surface area contributed by atoms with Crippen LogP contribution < -0.4 is 5.32 Å². The van der Waals surface area contributed by atoms with Gasteiger partial charge in [-0.05, 0) is 50.3 Å². The Bertz CT molecular complexity index is 847. The van der Waals surface area contributed by atoms with Crippen LogP contribution in [0.5, 0.6) is 0 Å². The number of carbonyl (C=O) groups excluding carboxylic acids is 2. The predicted octanol–water partition coefficient (Wildman–Crippen LogP) is 4.90. The Morgan fingerprint density at radius 3 is 2.44 bits per heavy atom. The van der Waals surface area contributed by atoms with Gasteiger partial charge in [0.15, 0.2) is 5.78 Å². The molecule has 2 aliphatic rings. The van der Waals surface area contributed by atoms with Gasteiger partial charge in [0, 0.05) is 34.3 Å². The van der Waals surface area contributed by atoms with E-state index < -0.39 is 5.92 Å². The van der Waals surface area contributed by atoms with Gasteiger partial charge in [0.2, 0.25) is 0 Å². The molecular weight excluding hydrogens is 362 g/mol. The molecule has 0 bridgehead atoms. The number of rotatable bonds is 3. The van der Waals surface area contributed by atoms with Crippen molar-refractivity contribution in [2.75, 3.05) is 0 Å². The van der Waals surface area contributed by atoms with Crippen LogP contribution in [-0.4, -0.2) is 17.9 Å². The Kier molecular flexibility index (Phi) is 5.22. The van der Waals surface area contributed by atoms with Gasteiger partial charge in [0.05, 0.1) is 11.7 Å². The molecule has 0 amide bonds. The average molecular weight is 388 g/mol. The second kappa shape index (κ2) is 7.16. The summed E-state index contributed by atoms with van der Waals surface area (Å²) in [5.41, 5.74) is 3.59. The molecule has 0 spiro atoms. The average Bonchev–Trinajstić information content (AvgIpc) is 2.52.